The molecular weight excluding hydrogens is 224 g/mol. The van der Waals surface area contributed by atoms with Gasteiger partial charge in [0.2, 0.25) is 0 Å². The van der Waals surface area contributed by atoms with Gasteiger partial charge in [-0.15, -0.1) is 0 Å². The van der Waals surface area contributed by atoms with Crippen LogP contribution in [0.2, 0.25) is 0 Å². The zero-order valence-corrected chi connectivity index (χ0v) is 9.89. The molecule has 1 aromatic heterocycles. The molecule has 0 aliphatic heterocycles. The molecule has 0 unspecified atom stereocenters. The molecule has 1 aromatic carbocycles. The van der Waals surface area contributed by atoms with E-state index in [0.717, 1.165) is 11.6 Å². The molecule has 0 bridgehead atoms. The summed E-state index contributed by atoms with van der Waals surface area (Å²) in [6.07, 6.45) is 0.697. The SMILES string of the molecule is CC(C)Cc1c(CN)oc2c(F)cc(F)cc12. The molecule has 1 heterocycles. The lowest BCUT2D eigenvalue weighted by Gasteiger charge is -2.04. The number of hydrogen-bond acceptors (Lipinski definition) is 2. The number of fused-ring (bicyclic) bond motifs is 1. The Kier molecular flexibility index (Phi) is 3.15. The van der Waals surface area contributed by atoms with Crippen LogP contribution in [-0.4, -0.2) is 0 Å². The van der Waals surface area contributed by atoms with Crippen molar-refractivity contribution in [1.82, 2.24) is 0 Å². The summed E-state index contributed by atoms with van der Waals surface area (Å²) in [5.74, 6) is -0.361. The Morgan fingerprint density at radius 3 is 2.59 bits per heavy atom. The fraction of sp³-hybridized carbons (Fsp3) is 0.385. The molecule has 0 radical (unpaired) electrons. The maximum atomic E-state index is 13.5. The van der Waals surface area contributed by atoms with E-state index in [-0.39, 0.29) is 12.1 Å². The van der Waals surface area contributed by atoms with Crippen LogP contribution in [0.15, 0.2) is 16.5 Å². The summed E-state index contributed by atoms with van der Waals surface area (Å²) in [4.78, 5) is 0. The van der Waals surface area contributed by atoms with E-state index in [2.05, 4.69) is 0 Å². The van der Waals surface area contributed by atoms with Gasteiger partial charge in [-0.2, -0.15) is 0 Å². The molecule has 2 nitrogen and oxygen atoms in total. The van der Waals surface area contributed by atoms with Crippen LogP contribution in [0, 0.1) is 17.6 Å². The summed E-state index contributed by atoms with van der Waals surface area (Å²) in [6, 6.07) is 2.13. The number of rotatable bonds is 3. The van der Waals surface area contributed by atoms with Crippen LogP contribution in [0.1, 0.15) is 25.2 Å². The third-order valence-corrected chi connectivity index (χ3v) is 2.69. The van der Waals surface area contributed by atoms with Crippen molar-refractivity contribution in [3.63, 3.8) is 0 Å². The summed E-state index contributed by atoms with van der Waals surface area (Å²) >= 11 is 0. The molecule has 2 N–H and O–H groups in total. The molecule has 0 saturated heterocycles. The van der Waals surface area contributed by atoms with E-state index in [4.69, 9.17) is 10.2 Å². The lowest BCUT2D eigenvalue weighted by molar-refractivity contribution is 0.508. The quantitative estimate of drug-likeness (QED) is 0.891. The largest absolute Gasteiger partial charge is 0.456 e. The Hall–Kier alpha value is -1.42. The van der Waals surface area contributed by atoms with Gasteiger partial charge in [-0.1, -0.05) is 13.8 Å². The lowest BCUT2D eigenvalue weighted by atomic mass is 9.99. The molecule has 0 amide bonds. The first kappa shape index (κ1) is 12.0. The minimum absolute atomic E-state index is 0.0995. The maximum Gasteiger partial charge on any atom is 0.170 e. The van der Waals surface area contributed by atoms with E-state index in [1.165, 1.54) is 6.07 Å². The van der Waals surface area contributed by atoms with Gasteiger partial charge in [-0.3, -0.25) is 0 Å². The average Bonchev–Trinajstić information content (AvgIpc) is 2.56. The predicted octanol–water partition coefficient (Wildman–Crippen LogP) is 3.37. The predicted molar refractivity (Wildman–Crippen MR) is 62.6 cm³/mol. The Morgan fingerprint density at radius 2 is 2.00 bits per heavy atom. The van der Waals surface area contributed by atoms with Crippen molar-refractivity contribution in [2.24, 2.45) is 11.7 Å². The highest BCUT2D eigenvalue weighted by Crippen LogP contribution is 2.30. The first-order valence-corrected chi connectivity index (χ1v) is 5.62. The number of halogens is 2. The molecular formula is C13H15F2NO. The minimum atomic E-state index is -0.676. The van der Waals surface area contributed by atoms with Crippen molar-refractivity contribution in [2.45, 2.75) is 26.8 Å². The monoisotopic (exact) mass is 239 g/mol. The van der Waals surface area contributed by atoms with Crippen LogP contribution in [0.4, 0.5) is 8.78 Å². The second-order valence-corrected chi connectivity index (χ2v) is 4.57. The lowest BCUT2D eigenvalue weighted by Crippen LogP contribution is -2.01. The van der Waals surface area contributed by atoms with Gasteiger partial charge in [0.25, 0.3) is 0 Å². The van der Waals surface area contributed by atoms with Gasteiger partial charge in [0.15, 0.2) is 11.4 Å². The van der Waals surface area contributed by atoms with Crippen molar-refractivity contribution < 1.29 is 13.2 Å². The van der Waals surface area contributed by atoms with E-state index in [9.17, 15) is 8.78 Å². The number of benzene rings is 1. The fourth-order valence-electron chi connectivity index (χ4n) is 2.02. The van der Waals surface area contributed by atoms with Crippen LogP contribution in [0.5, 0.6) is 0 Å². The van der Waals surface area contributed by atoms with Gasteiger partial charge >= 0.3 is 0 Å². The Bertz CT molecular complexity index is 546. The van der Waals surface area contributed by atoms with E-state index in [0.29, 0.717) is 23.5 Å². The van der Waals surface area contributed by atoms with E-state index in [1.807, 2.05) is 13.8 Å². The highest BCUT2D eigenvalue weighted by Gasteiger charge is 2.18. The zero-order chi connectivity index (χ0) is 12.6. The maximum absolute atomic E-state index is 13.5. The highest BCUT2D eigenvalue weighted by atomic mass is 19.1. The van der Waals surface area contributed by atoms with Gasteiger partial charge < -0.3 is 10.2 Å². The first-order valence-electron chi connectivity index (χ1n) is 5.62. The molecule has 2 aromatic rings. The highest BCUT2D eigenvalue weighted by molar-refractivity contribution is 5.83. The minimum Gasteiger partial charge on any atom is -0.456 e. The second kappa shape index (κ2) is 4.45. The average molecular weight is 239 g/mol. The van der Waals surface area contributed by atoms with Gasteiger partial charge in [0.05, 0.1) is 6.54 Å². The normalized spacial score (nSPS) is 11.6. The molecule has 0 fully saturated rings. The molecule has 0 spiro atoms. The third-order valence-electron chi connectivity index (χ3n) is 2.69. The molecule has 17 heavy (non-hydrogen) atoms. The van der Waals surface area contributed by atoms with Crippen molar-refractivity contribution in [3.05, 3.63) is 35.1 Å². The van der Waals surface area contributed by atoms with Crippen molar-refractivity contribution in [2.75, 3.05) is 0 Å². The third kappa shape index (κ3) is 2.17. The van der Waals surface area contributed by atoms with Gasteiger partial charge in [-0.25, -0.2) is 8.78 Å². The summed E-state index contributed by atoms with van der Waals surface area (Å²) in [6.45, 7) is 4.27. The Morgan fingerprint density at radius 1 is 1.29 bits per heavy atom. The molecule has 0 aliphatic rings. The summed E-state index contributed by atoms with van der Waals surface area (Å²) in [5, 5.41) is 0.497. The van der Waals surface area contributed by atoms with Crippen LogP contribution in [0.3, 0.4) is 0 Å². The van der Waals surface area contributed by atoms with Crippen LogP contribution >= 0.6 is 0 Å². The van der Waals surface area contributed by atoms with Gasteiger partial charge in [0, 0.05) is 17.0 Å². The summed E-state index contributed by atoms with van der Waals surface area (Å²) < 4.78 is 32.1. The molecule has 4 heteroatoms. The zero-order valence-electron chi connectivity index (χ0n) is 9.89. The second-order valence-electron chi connectivity index (χ2n) is 4.57. The van der Waals surface area contributed by atoms with Crippen molar-refractivity contribution in [1.29, 1.82) is 0 Å². The van der Waals surface area contributed by atoms with Crippen molar-refractivity contribution in [3.8, 4) is 0 Å². The van der Waals surface area contributed by atoms with E-state index in [1.54, 1.807) is 0 Å². The number of furan rings is 1. The molecule has 0 atom stereocenters. The van der Waals surface area contributed by atoms with E-state index < -0.39 is 11.6 Å². The molecule has 2 rings (SSSR count). The van der Waals surface area contributed by atoms with Gasteiger partial charge in [-0.05, 0) is 18.4 Å². The molecule has 92 valence electrons. The molecule has 0 saturated carbocycles. The van der Waals surface area contributed by atoms with Gasteiger partial charge in [0.1, 0.15) is 11.6 Å². The van der Waals surface area contributed by atoms with Crippen molar-refractivity contribution >= 4 is 11.0 Å². The number of nitrogens with two attached hydrogens (primary N) is 1. The Balaban J connectivity index is 2.69. The van der Waals surface area contributed by atoms with Crippen LogP contribution in [-0.2, 0) is 13.0 Å². The number of hydrogen-bond donors (Lipinski definition) is 1. The summed E-state index contributed by atoms with van der Waals surface area (Å²) in [7, 11) is 0. The fourth-order valence-corrected chi connectivity index (χ4v) is 2.02. The first-order chi connectivity index (χ1) is 8.02. The topological polar surface area (TPSA) is 39.2 Å². The standard InChI is InChI=1S/C13H15F2NO/c1-7(2)3-9-10-4-8(14)5-11(15)13(10)17-12(9)6-16/h4-5,7H,3,6,16H2,1-2H3. The Labute approximate surface area is 98.4 Å². The van der Waals surface area contributed by atoms with Crippen LogP contribution in [0.25, 0.3) is 11.0 Å². The smallest absolute Gasteiger partial charge is 0.170 e. The molecule has 0 aliphatic carbocycles. The van der Waals surface area contributed by atoms with Crippen LogP contribution < -0.4 is 5.73 Å². The van der Waals surface area contributed by atoms with E-state index >= 15 is 0 Å². The summed E-state index contributed by atoms with van der Waals surface area (Å²) in [5.41, 5.74) is 6.48.